The summed E-state index contributed by atoms with van der Waals surface area (Å²) in [7, 11) is 0. The first-order valence-corrected chi connectivity index (χ1v) is 7.62. The van der Waals surface area contributed by atoms with Crippen LogP contribution in [0, 0.1) is 0 Å². The molecule has 0 aromatic heterocycles. The van der Waals surface area contributed by atoms with Crippen LogP contribution in [0.5, 0.6) is 5.75 Å². The van der Waals surface area contributed by atoms with Crippen LogP contribution in [0.1, 0.15) is 35.7 Å². The normalized spacial score (nSPS) is 11.3. The molecular formula is C18H18F3NO2. The van der Waals surface area contributed by atoms with Gasteiger partial charge < -0.3 is 5.11 Å². The summed E-state index contributed by atoms with van der Waals surface area (Å²) in [6.45, 7) is 1.99. The number of aryl methyl sites for hydroxylation is 1. The zero-order valence-electron chi connectivity index (χ0n) is 13.2. The molecule has 0 aliphatic rings. The molecule has 0 aliphatic carbocycles. The smallest absolute Gasteiger partial charge is 0.491 e. The summed E-state index contributed by atoms with van der Waals surface area (Å²) in [5.41, 5.74) is 0.0614. The van der Waals surface area contributed by atoms with Gasteiger partial charge in [-0.15, -0.1) is 13.2 Å². The summed E-state index contributed by atoms with van der Waals surface area (Å²) in [5, 5.41) is 9.88. The van der Waals surface area contributed by atoms with Crippen LogP contribution in [0.25, 0.3) is 0 Å². The third-order valence-corrected chi connectivity index (χ3v) is 3.58. The van der Waals surface area contributed by atoms with E-state index in [2.05, 4.69) is 0 Å². The van der Waals surface area contributed by atoms with Crippen LogP contribution in [0.3, 0.4) is 0 Å². The molecule has 2 rings (SSSR count). The fourth-order valence-corrected chi connectivity index (χ4v) is 2.37. The largest absolute Gasteiger partial charge is 0.507 e. The molecule has 0 unspecified atom stereocenters. The van der Waals surface area contributed by atoms with Gasteiger partial charge in [0.2, 0.25) is 0 Å². The molecule has 0 radical (unpaired) electrons. The SMILES string of the molecule is CCCCc1ccc(O)c(C(=O)N(c2ccccc2)C(F)(F)F)c1. The van der Waals surface area contributed by atoms with E-state index < -0.39 is 18.0 Å². The molecule has 2 aromatic carbocycles. The van der Waals surface area contributed by atoms with Crippen LogP contribution in [0.4, 0.5) is 18.9 Å². The van der Waals surface area contributed by atoms with E-state index in [0.717, 1.165) is 12.8 Å². The Hall–Kier alpha value is -2.50. The number of rotatable bonds is 5. The van der Waals surface area contributed by atoms with Gasteiger partial charge in [0, 0.05) is 0 Å². The minimum atomic E-state index is -4.90. The van der Waals surface area contributed by atoms with E-state index in [4.69, 9.17) is 0 Å². The topological polar surface area (TPSA) is 40.5 Å². The Morgan fingerprint density at radius 1 is 1.12 bits per heavy atom. The number of amides is 1. The van der Waals surface area contributed by atoms with Crippen molar-refractivity contribution in [2.24, 2.45) is 0 Å². The van der Waals surface area contributed by atoms with Crippen molar-refractivity contribution >= 4 is 11.6 Å². The fourth-order valence-electron chi connectivity index (χ4n) is 2.37. The molecule has 128 valence electrons. The van der Waals surface area contributed by atoms with Crippen LogP contribution in [0.2, 0.25) is 0 Å². The summed E-state index contributed by atoms with van der Waals surface area (Å²) in [4.78, 5) is 12.2. The van der Waals surface area contributed by atoms with Gasteiger partial charge in [0.1, 0.15) is 5.75 Å². The highest BCUT2D eigenvalue weighted by Gasteiger charge is 2.43. The molecule has 0 saturated heterocycles. The van der Waals surface area contributed by atoms with Crippen molar-refractivity contribution in [3.8, 4) is 5.75 Å². The molecule has 2 aromatic rings. The number of alkyl halides is 3. The second-order valence-electron chi connectivity index (χ2n) is 5.40. The van der Waals surface area contributed by atoms with Gasteiger partial charge in [0.25, 0.3) is 5.91 Å². The second kappa shape index (κ2) is 7.38. The Bertz CT molecular complexity index is 699. The molecule has 0 bridgehead atoms. The first kappa shape index (κ1) is 17.8. The zero-order valence-corrected chi connectivity index (χ0v) is 13.2. The molecule has 0 aliphatic heterocycles. The number of para-hydroxylation sites is 1. The number of carbonyl (C=O) groups is 1. The lowest BCUT2D eigenvalue weighted by Gasteiger charge is -2.25. The molecule has 0 fully saturated rings. The van der Waals surface area contributed by atoms with Gasteiger partial charge in [-0.1, -0.05) is 37.6 Å². The number of hydrogen-bond donors (Lipinski definition) is 1. The number of nitrogens with zero attached hydrogens (tertiary/aromatic N) is 1. The number of carbonyl (C=O) groups excluding carboxylic acids is 1. The Morgan fingerprint density at radius 2 is 1.79 bits per heavy atom. The van der Waals surface area contributed by atoms with Crippen molar-refractivity contribution in [2.75, 3.05) is 4.90 Å². The van der Waals surface area contributed by atoms with Crippen molar-refractivity contribution in [1.29, 1.82) is 0 Å². The van der Waals surface area contributed by atoms with Gasteiger partial charge in [0.05, 0.1) is 11.3 Å². The monoisotopic (exact) mass is 337 g/mol. The number of aromatic hydroxyl groups is 1. The molecule has 0 heterocycles. The van der Waals surface area contributed by atoms with Crippen LogP contribution < -0.4 is 4.90 Å². The van der Waals surface area contributed by atoms with Crippen LogP contribution >= 0.6 is 0 Å². The predicted octanol–water partition coefficient (Wildman–Crippen LogP) is 4.90. The van der Waals surface area contributed by atoms with Gasteiger partial charge in [-0.2, -0.15) is 0 Å². The minimum absolute atomic E-state index is 0.258. The minimum Gasteiger partial charge on any atom is -0.507 e. The zero-order chi connectivity index (χ0) is 17.7. The van der Waals surface area contributed by atoms with Crippen LogP contribution in [0.15, 0.2) is 48.5 Å². The predicted molar refractivity (Wildman–Crippen MR) is 86.0 cm³/mol. The molecule has 24 heavy (non-hydrogen) atoms. The van der Waals surface area contributed by atoms with E-state index in [1.165, 1.54) is 36.4 Å². The second-order valence-corrected chi connectivity index (χ2v) is 5.40. The van der Waals surface area contributed by atoms with Gasteiger partial charge in [-0.25, -0.2) is 4.90 Å². The summed E-state index contributed by atoms with van der Waals surface area (Å²) < 4.78 is 40.2. The Kier molecular flexibility index (Phi) is 5.49. The number of benzene rings is 2. The van der Waals surface area contributed by atoms with Gasteiger partial charge in [0.15, 0.2) is 0 Å². The highest BCUT2D eigenvalue weighted by molar-refractivity contribution is 6.08. The van der Waals surface area contributed by atoms with Crippen molar-refractivity contribution in [3.63, 3.8) is 0 Å². The quantitative estimate of drug-likeness (QED) is 0.788. The van der Waals surface area contributed by atoms with Gasteiger partial charge >= 0.3 is 6.30 Å². The maximum absolute atomic E-state index is 13.4. The van der Waals surface area contributed by atoms with E-state index in [9.17, 15) is 23.1 Å². The summed E-state index contributed by atoms with van der Waals surface area (Å²) in [6.07, 6.45) is -2.50. The molecule has 0 atom stereocenters. The van der Waals surface area contributed by atoms with Gasteiger partial charge in [-0.05, 0) is 42.7 Å². The van der Waals surface area contributed by atoms with E-state index in [-0.39, 0.29) is 16.2 Å². The Balaban J connectivity index is 2.43. The molecule has 1 amide bonds. The van der Waals surface area contributed by atoms with E-state index in [1.807, 2.05) is 6.92 Å². The number of unbranched alkanes of at least 4 members (excludes halogenated alkanes) is 1. The maximum Gasteiger partial charge on any atom is 0.491 e. The van der Waals surface area contributed by atoms with Crippen molar-refractivity contribution in [1.82, 2.24) is 0 Å². The van der Waals surface area contributed by atoms with Crippen LogP contribution in [-0.2, 0) is 6.42 Å². The lowest BCUT2D eigenvalue weighted by Crippen LogP contribution is -2.43. The Morgan fingerprint density at radius 3 is 2.38 bits per heavy atom. The van der Waals surface area contributed by atoms with E-state index >= 15 is 0 Å². The number of hydrogen-bond acceptors (Lipinski definition) is 2. The van der Waals surface area contributed by atoms with E-state index in [1.54, 1.807) is 12.1 Å². The summed E-state index contributed by atoms with van der Waals surface area (Å²) in [5.74, 6) is -1.77. The average Bonchev–Trinajstić information content (AvgIpc) is 2.54. The average molecular weight is 337 g/mol. The summed E-state index contributed by atoms with van der Waals surface area (Å²) >= 11 is 0. The van der Waals surface area contributed by atoms with Gasteiger partial charge in [-0.3, -0.25) is 4.79 Å². The van der Waals surface area contributed by atoms with E-state index in [0.29, 0.717) is 12.0 Å². The van der Waals surface area contributed by atoms with Crippen LogP contribution in [-0.4, -0.2) is 17.3 Å². The number of phenolic OH excluding ortho intramolecular Hbond substituents is 1. The summed E-state index contributed by atoms with van der Waals surface area (Å²) in [6, 6.07) is 11.0. The number of halogens is 3. The lowest BCUT2D eigenvalue weighted by molar-refractivity contribution is -0.122. The lowest BCUT2D eigenvalue weighted by atomic mass is 10.0. The van der Waals surface area contributed by atoms with Crippen molar-refractivity contribution < 1.29 is 23.1 Å². The molecule has 6 heteroatoms. The molecule has 3 nitrogen and oxygen atoms in total. The standard InChI is InChI=1S/C18H18F3NO2/c1-2-3-7-13-10-11-16(23)15(12-13)17(24)22(18(19,20)21)14-8-5-4-6-9-14/h4-6,8-12,23H,2-3,7H2,1H3. The molecular weight excluding hydrogens is 319 g/mol. The molecule has 1 N–H and O–H groups in total. The first-order valence-electron chi connectivity index (χ1n) is 7.62. The molecule has 0 spiro atoms. The van der Waals surface area contributed by atoms with Crippen molar-refractivity contribution in [3.05, 3.63) is 59.7 Å². The fraction of sp³-hybridized carbons (Fsp3) is 0.278. The maximum atomic E-state index is 13.4. The third kappa shape index (κ3) is 4.07. The van der Waals surface area contributed by atoms with Crippen molar-refractivity contribution in [2.45, 2.75) is 32.5 Å². The third-order valence-electron chi connectivity index (χ3n) is 3.58. The Labute approximate surface area is 138 Å². The highest BCUT2D eigenvalue weighted by atomic mass is 19.4. The molecule has 0 saturated carbocycles. The highest BCUT2D eigenvalue weighted by Crippen LogP contribution is 2.32. The number of phenols is 1. The first-order chi connectivity index (χ1) is 11.3. The number of anilines is 1.